The molecule has 88 valence electrons. The van der Waals surface area contributed by atoms with Gasteiger partial charge in [0.15, 0.2) is 0 Å². The molecule has 0 amide bonds. The zero-order valence-corrected chi connectivity index (χ0v) is 11.4. The van der Waals surface area contributed by atoms with Gasteiger partial charge in [0, 0.05) is 0 Å². The summed E-state index contributed by atoms with van der Waals surface area (Å²) in [6.07, 6.45) is 4.50. The fourth-order valence-electron chi connectivity index (χ4n) is 0.227. The summed E-state index contributed by atoms with van der Waals surface area (Å²) in [6, 6.07) is 3.67. The molecule has 0 spiro atoms. The van der Waals surface area contributed by atoms with Gasteiger partial charge in [0.1, 0.15) is 0 Å². The van der Waals surface area contributed by atoms with E-state index in [1.54, 1.807) is 12.5 Å². The SMILES string of the molecule is CC.CC.CC.CCC.c1ccoc1. The lowest BCUT2D eigenvalue weighted by molar-refractivity contribution is 0.567. The van der Waals surface area contributed by atoms with Gasteiger partial charge < -0.3 is 4.42 Å². The fourth-order valence-corrected chi connectivity index (χ4v) is 0.227. The Morgan fingerprint density at radius 1 is 0.714 bits per heavy atom. The number of hydrogen-bond acceptors (Lipinski definition) is 1. The van der Waals surface area contributed by atoms with Crippen molar-refractivity contribution in [3.63, 3.8) is 0 Å². The minimum absolute atomic E-state index is 1.25. The van der Waals surface area contributed by atoms with Crippen LogP contribution in [0, 0.1) is 0 Å². The molecule has 0 aliphatic rings. The third-order valence-electron chi connectivity index (χ3n) is 0.425. The Hall–Kier alpha value is -0.720. The van der Waals surface area contributed by atoms with E-state index in [2.05, 4.69) is 18.3 Å². The molecule has 1 aromatic rings. The van der Waals surface area contributed by atoms with Gasteiger partial charge in [-0.3, -0.25) is 0 Å². The molecular formula is C13H30O. The zero-order chi connectivity index (χ0) is 12.2. The van der Waals surface area contributed by atoms with Crippen LogP contribution in [0.4, 0.5) is 0 Å². The normalized spacial score (nSPS) is 5.43. The van der Waals surface area contributed by atoms with Crippen molar-refractivity contribution in [2.24, 2.45) is 0 Å². The maximum Gasteiger partial charge on any atom is 0.0902 e. The second kappa shape index (κ2) is 56.0. The van der Waals surface area contributed by atoms with Crippen molar-refractivity contribution in [3.05, 3.63) is 24.7 Å². The summed E-state index contributed by atoms with van der Waals surface area (Å²) in [5.74, 6) is 0. The first kappa shape index (κ1) is 23.3. The Morgan fingerprint density at radius 2 is 0.929 bits per heavy atom. The smallest absolute Gasteiger partial charge is 0.0902 e. The Bertz CT molecular complexity index is 72.1. The van der Waals surface area contributed by atoms with Gasteiger partial charge in [0.05, 0.1) is 12.5 Å². The third-order valence-corrected chi connectivity index (χ3v) is 0.425. The zero-order valence-electron chi connectivity index (χ0n) is 11.4. The molecule has 0 unspecified atom stereocenters. The summed E-state index contributed by atoms with van der Waals surface area (Å²) in [4.78, 5) is 0. The summed E-state index contributed by atoms with van der Waals surface area (Å²) in [6.45, 7) is 16.2. The van der Waals surface area contributed by atoms with E-state index in [-0.39, 0.29) is 0 Å². The monoisotopic (exact) mass is 202 g/mol. The van der Waals surface area contributed by atoms with Crippen LogP contribution < -0.4 is 0 Å². The molecule has 0 radical (unpaired) electrons. The van der Waals surface area contributed by atoms with E-state index in [9.17, 15) is 0 Å². The quantitative estimate of drug-likeness (QED) is 0.520. The summed E-state index contributed by atoms with van der Waals surface area (Å²) < 4.78 is 4.58. The molecule has 0 aliphatic heterocycles. The average Bonchev–Trinajstić information content (AvgIpc) is 2.85. The molecule has 0 N–H and O–H groups in total. The van der Waals surface area contributed by atoms with Crippen molar-refractivity contribution >= 4 is 0 Å². The largest absolute Gasteiger partial charge is 0.473 e. The molecule has 0 saturated carbocycles. The highest BCUT2D eigenvalue weighted by atomic mass is 16.3. The van der Waals surface area contributed by atoms with E-state index in [1.165, 1.54) is 6.42 Å². The lowest BCUT2D eigenvalue weighted by Crippen LogP contribution is -1.27. The van der Waals surface area contributed by atoms with Crippen molar-refractivity contribution in [2.75, 3.05) is 0 Å². The third kappa shape index (κ3) is 65.1. The molecule has 0 saturated heterocycles. The fraction of sp³-hybridized carbons (Fsp3) is 0.692. The Labute approximate surface area is 91.5 Å². The van der Waals surface area contributed by atoms with Gasteiger partial charge in [0.25, 0.3) is 0 Å². The van der Waals surface area contributed by atoms with Crippen LogP contribution in [0.3, 0.4) is 0 Å². The summed E-state index contributed by atoms with van der Waals surface area (Å²) >= 11 is 0. The van der Waals surface area contributed by atoms with Crippen LogP contribution in [0.25, 0.3) is 0 Å². The van der Waals surface area contributed by atoms with Crippen molar-refractivity contribution in [3.8, 4) is 0 Å². The minimum atomic E-state index is 1.25. The second-order valence-electron chi connectivity index (χ2n) is 1.50. The van der Waals surface area contributed by atoms with Crippen LogP contribution in [0.15, 0.2) is 29.1 Å². The predicted octanol–water partition coefficient (Wildman–Crippen LogP) is 5.77. The van der Waals surface area contributed by atoms with E-state index >= 15 is 0 Å². The minimum Gasteiger partial charge on any atom is -0.473 e. The predicted molar refractivity (Wildman–Crippen MR) is 68.7 cm³/mol. The molecule has 1 heteroatoms. The van der Waals surface area contributed by atoms with E-state index in [0.29, 0.717) is 0 Å². The maximum absolute atomic E-state index is 4.58. The molecular weight excluding hydrogens is 172 g/mol. The average molecular weight is 202 g/mol. The topological polar surface area (TPSA) is 13.1 Å². The van der Waals surface area contributed by atoms with Gasteiger partial charge >= 0.3 is 0 Å². The van der Waals surface area contributed by atoms with Crippen LogP contribution in [0.1, 0.15) is 61.8 Å². The first-order valence-electron chi connectivity index (χ1n) is 5.89. The van der Waals surface area contributed by atoms with Gasteiger partial charge in [-0.15, -0.1) is 0 Å². The molecule has 0 aliphatic carbocycles. The van der Waals surface area contributed by atoms with Gasteiger partial charge in [-0.25, -0.2) is 0 Å². The van der Waals surface area contributed by atoms with Crippen LogP contribution in [0.5, 0.6) is 0 Å². The first-order chi connectivity index (χ1) is 6.91. The summed E-state index contributed by atoms with van der Waals surface area (Å²) in [5, 5.41) is 0. The number of furan rings is 1. The molecule has 0 bridgehead atoms. The lowest BCUT2D eigenvalue weighted by Gasteiger charge is -1.50. The van der Waals surface area contributed by atoms with Gasteiger partial charge in [-0.05, 0) is 12.1 Å². The van der Waals surface area contributed by atoms with Crippen molar-refractivity contribution in [1.29, 1.82) is 0 Å². The van der Waals surface area contributed by atoms with Gasteiger partial charge in [0.2, 0.25) is 0 Å². The molecule has 0 fully saturated rings. The first-order valence-corrected chi connectivity index (χ1v) is 5.89. The van der Waals surface area contributed by atoms with Crippen LogP contribution in [-0.4, -0.2) is 0 Å². The van der Waals surface area contributed by atoms with Gasteiger partial charge in [-0.1, -0.05) is 61.8 Å². The molecule has 1 rings (SSSR count). The van der Waals surface area contributed by atoms with E-state index in [1.807, 2.05) is 53.7 Å². The summed E-state index contributed by atoms with van der Waals surface area (Å²) in [7, 11) is 0. The maximum atomic E-state index is 4.58. The number of rotatable bonds is 0. The number of hydrogen-bond donors (Lipinski definition) is 0. The van der Waals surface area contributed by atoms with E-state index in [0.717, 1.165) is 0 Å². The molecule has 0 atom stereocenters. The van der Waals surface area contributed by atoms with Crippen molar-refractivity contribution < 1.29 is 4.42 Å². The standard InChI is InChI=1S/C4H4O.C3H8.3C2H6/c1-2-4-5-3-1;1-3-2;3*1-2/h1-4H;3H2,1-2H3;3*1-2H3. The van der Waals surface area contributed by atoms with Crippen LogP contribution in [-0.2, 0) is 0 Å². The Balaban J connectivity index is -0.0000000494. The molecule has 1 heterocycles. The van der Waals surface area contributed by atoms with Gasteiger partial charge in [-0.2, -0.15) is 0 Å². The highest BCUT2D eigenvalue weighted by Gasteiger charge is 1.58. The highest BCUT2D eigenvalue weighted by Crippen LogP contribution is 1.79. The van der Waals surface area contributed by atoms with Crippen molar-refractivity contribution in [1.82, 2.24) is 0 Å². The molecule has 1 nitrogen and oxygen atoms in total. The van der Waals surface area contributed by atoms with Crippen molar-refractivity contribution in [2.45, 2.75) is 61.8 Å². The second-order valence-corrected chi connectivity index (χ2v) is 1.50. The Kier molecular flexibility index (Phi) is 93.1. The van der Waals surface area contributed by atoms with Crippen LogP contribution in [0.2, 0.25) is 0 Å². The van der Waals surface area contributed by atoms with E-state index < -0.39 is 0 Å². The lowest BCUT2D eigenvalue weighted by atomic mass is 10.6. The molecule has 14 heavy (non-hydrogen) atoms. The van der Waals surface area contributed by atoms with Crippen LogP contribution >= 0.6 is 0 Å². The molecule has 1 aromatic heterocycles. The Morgan fingerprint density at radius 3 is 1.00 bits per heavy atom. The summed E-state index contributed by atoms with van der Waals surface area (Å²) in [5.41, 5.74) is 0. The molecule has 0 aromatic carbocycles. The highest BCUT2D eigenvalue weighted by molar-refractivity contribution is 4.79. The van der Waals surface area contributed by atoms with E-state index in [4.69, 9.17) is 0 Å².